The summed E-state index contributed by atoms with van der Waals surface area (Å²) in [5.41, 5.74) is 1.40. The van der Waals surface area contributed by atoms with Crippen molar-refractivity contribution in [3.8, 4) is 22.8 Å². The number of hydrogen-bond donors (Lipinski definition) is 1. The molecule has 37 heavy (non-hydrogen) atoms. The van der Waals surface area contributed by atoms with Crippen molar-refractivity contribution >= 4 is 35.5 Å². The zero-order valence-corrected chi connectivity index (χ0v) is 19.2. The Hall–Kier alpha value is -2.95. The predicted octanol–water partition coefficient (Wildman–Crippen LogP) is 5.76. The Labute approximate surface area is 233 Å². The molecule has 0 radical (unpaired) electrons. The van der Waals surface area contributed by atoms with Crippen molar-refractivity contribution < 1.29 is 27.6 Å². The third kappa shape index (κ3) is 6.14. The van der Waals surface area contributed by atoms with Crippen LogP contribution in [0.2, 0.25) is 0 Å². The van der Waals surface area contributed by atoms with Gasteiger partial charge < -0.3 is 9.63 Å². The van der Waals surface area contributed by atoms with E-state index < -0.39 is 17.7 Å². The molecule has 0 spiro atoms. The van der Waals surface area contributed by atoms with Gasteiger partial charge in [-0.05, 0) is 48.1 Å². The van der Waals surface area contributed by atoms with E-state index >= 15 is 0 Å². The zero-order valence-electron chi connectivity index (χ0n) is 19.2. The Morgan fingerprint density at radius 1 is 1.03 bits per heavy atom. The number of alkyl halides is 3. The molecule has 0 unspecified atom stereocenters. The first-order chi connectivity index (χ1) is 17.3. The molecule has 1 N–H and O–H groups in total. The topological polar surface area (TPSA) is 94.0 Å². The first-order valence-corrected chi connectivity index (χ1v) is 11.7. The van der Waals surface area contributed by atoms with Crippen LogP contribution in [0.5, 0.6) is 0 Å². The van der Waals surface area contributed by atoms with Crippen LogP contribution in [0.15, 0.2) is 59.3 Å². The fourth-order valence-corrected chi connectivity index (χ4v) is 4.67. The molecule has 2 heterocycles. The van der Waals surface area contributed by atoms with Crippen LogP contribution in [0.3, 0.4) is 0 Å². The van der Waals surface area contributed by atoms with Gasteiger partial charge in [-0.2, -0.15) is 23.3 Å². The summed E-state index contributed by atoms with van der Waals surface area (Å²) in [5.74, 6) is -0.900. The van der Waals surface area contributed by atoms with Gasteiger partial charge in [0, 0.05) is 17.3 Å². The van der Waals surface area contributed by atoms with Crippen molar-refractivity contribution in [3.05, 3.63) is 77.1 Å². The Morgan fingerprint density at radius 3 is 2.38 bits per heavy atom. The van der Waals surface area contributed by atoms with E-state index in [1.807, 2.05) is 12.1 Å². The number of aromatic carboxylic acids is 1. The number of hydrogen-bond acceptors (Lipinski definition) is 5. The second-order valence-electron chi connectivity index (χ2n) is 8.96. The molecule has 2 aromatic heterocycles. The number of rotatable bonds is 6. The SMILES string of the molecule is O=C(O)c1ccn(Cc2ccc(-c3noc(-c4ccc(C5CCCCC5)c(C(F)(F)F)c4)n3)cc2)n1.[NaH]. The van der Waals surface area contributed by atoms with E-state index in [4.69, 9.17) is 9.63 Å². The number of carboxylic acids is 1. The zero-order chi connectivity index (χ0) is 25.3. The Morgan fingerprint density at radius 2 is 1.73 bits per heavy atom. The minimum absolute atomic E-state index is 0. The predicted molar refractivity (Wildman–Crippen MR) is 131 cm³/mol. The molecular weight excluding hydrogens is 496 g/mol. The van der Waals surface area contributed by atoms with Crippen LogP contribution in [0.25, 0.3) is 22.8 Å². The van der Waals surface area contributed by atoms with Gasteiger partial charge in [0.2, 0.25) is 5.82 Å². The maximum absolute atomic E-state index is 13.9. The van der Waals surface area contributed by atoms with Crippen LogP contribution in [-0.4, -0.2) is 60.6 Å². The molecule has 0 atom stereocenters. The number of aromatic nitrogens is 4. The molecule has 1 aliphatic carbocycles. The number of halogens is 3. The van der Waals surface area contributed by atoms with E-state index in [1.165, 1.54) is 10.7 Å². The average Bonchev–Trinajstić information content (AvgIpc) is 3.55. The van der Waals surface area contributed by atoms with E-state index in [0.29, 0.717) is 17.7 Å². The molecule has 1 aliphatic rings. The second kappa shape index (κ2) is 11.2. The molecule has 0 aliphatic heterocycles. The monoisotopic (exact) mass is 520 g/mol. The standard InChI is InChI=1S/C26H23F3N4O3.Na.H/c27-26(28,29)21-14-19(10-11-20(21)17-4-2-1-3-5-17)24-30-23(32-36-24)18-8-6-16(7-9-18)15-33-13-12-22(31-33)25(34)35;;/h6-14,17H,1-5,15H2,(H,34,35);;. The van der Waals surface area contributed by atoms with Crippen molar-refractivity contribution in [3.63, 3.8) is 0 Å². The van der Waals surface area contributed by atoms with Gasteiger partial charge in [-0.1, -0.05) is 54.8 Å². The van der Waals surface area contributed by atoms with E-state index in [0.717, 1.165) is 43.7 Å². The molecule has 0 amide bonds. The molecule has 5 rings (SSSR count). The molecule has 0 saturated heterocycles. The number of carbonyl (C=O) groups is 1. The number of benzene rings is 2. The van der Waals surface area contributed by atoms with Gasteiger partial charge in [0.15, 0.2) is 5.69 Å². The van der Waals surface area contributed by atoms with Crippen molar-refractivity contribution in [1.82, 2.24) is 19.9 Å². The summed E-state index contributed by atoms with van der Waals surface area (Å²) in [6.45, 7) is 0.374. The first kappa shape index (κ1) is 27.1. The van der Waals surface area contributed by atoms with E-state index in [-0.39, 0.29) is 58.4 Å². The molecule has 7 nitrogen and oxygen atoms in total. The van der Waals surface area contributed by atoms with Gasteiger partial charge in [-0.25, -0.2) is 4.79 Å². The van der Waals surface area contributed by atoms with Crippen LogP contribution in [0.1, 0.15) is 65.2 Å². The van der Waals surface area contributed by atoms with Gasteiger partial charge in [-0.3, -0.25) is 4.68 Å². The molecule has 1 saturated carbocycles. The van der Waals surface area contributed by atoms with Crippen LogP contribution in [0, 0.1) is 0 Å². The first-order valence-electron chi connectivity index (χ1n) is 11.7. The maximum atomic E-state index is 13.9. The van der Waals surface area contributed by atoms with E-state index in [2.05, 4.69) is 15.2 Å². The van der Waals surface area contributed by atoms with Gasteiger partial charge in [0.25, 0.3) is 5.89 Å². The summed E-state index contributed by atoms with van der Waals surface area (Å²) in [4.78, 5) is 15.3. The third-order valence-corrected chi connectivity index (χ3v) is 6.49. The normalized spacial score (nSPS) is 14.4. The summed E-state index contributed by atoms with van der Waals surface area (Å²) < 4.78 is 48.5. The number of nitrogens with zero attached hydrogens (tertiary/aromatic N) is 4. The quantitative estimate of drug-likeness (QED) is 0.325. The molecule has 11 heteroatoms. The van der Waals surface area contributed by atoms with Crippen molar-refractivity contribution in [1.29, 1.82) is 0 Å². The molecule has 4 aromatic rings. The summed E-state index contributed by atoms with van der Waals surface area (Å²) >= 11 is 0. The summed E-state index contributed by atoms with van der Waals surface area (Å²) in [6, 6.07) is 12.9. The van der Waals surface area contributed by atoms with Gasteiger partial charge in [0.1, 0.15) is 0 Å². The van der Waals surface area contributed by atoms with E-state index in [9.17, 15) is 18.0 Å². The van der Waals surface area contributed by atoms with Crippen LogP contribution in [-0.2, 0) is 12.7 Å². The molecule has 0 bridgehead atoms. The molecular formula is C26H24F3N4NaO3. The van der Waals surface area contributed by atoms with Gasteiger partial charge in [-0.15, -0.1) is 0 Å². The summed E-state index contributed by atoms with van der Waals surface area (Å²) in [6.07, 6.45) is 1.60. The summed E-state index contributed by atoms with van der Waals surface area (Å²) in [5, 5.41) is 16.9. The molecule has 2 aromatic carbocycles. The van der Waals surface area contributed by atoms with Gasteiger partial charge in [0.05, 0.1) is 12.1 Å². The molecule has 188 valence electrons. The Kier molecular flexibility index (Phi) is 8.20. The van der Waals surface area contributed by atoms with Crippen molar-refractivity contribution in [2.45, 2.75) is 50.7 Å². The van der Waals surface area contributed by atoms with E-state index in [1.54, 1.807) is 30.5 Å². The van der Waals surface area contributed by atoms with Crippen molar-refractivity contribution in [2.75, 3.05) is 0 Å². The second-order valence-corrected chi connectivity index (χ2v) is 8.96. The minimum atomic E-state index is -4.47. The molecule has 1 fully saturated rings. The fourth-order valence-electron chi connectivity index (χ4n) is 4.67. The van der Waals surface area contributed by atoms with Crippen molar-refractivity contribution in [2.24, 2.45) is 0 Å². The average molecular weight is 520 g/mol. The van der Waals surface area contributed by atoms with Crippen LogP contribution < -0.4 is 0 Å². The Bertz CT molecular complexity index is 1380. The Balaban J connectivity index is 0.00000320. The summed E-state index contributed by atoms with van der Waals surface area (Å²) in [7, 11) is 0. The van der Waals surface area contributed by atoms with Crippen LogP contribution >= 0.6 is 0 Å². The fraction of sp³-hybridized carbons (Fsp3) is 0.308. The third-order valence-electron chi connectivity index (χ3n) is 6.49. The van der Waals surface area contributed by atoms with Gasteiger partial charge >= 0.3 is 41.7 Å². The van der Waals surface area contributed by atoms with Crippen LogP contribution in [0.4, 0.5) is 13.2 Å². The number of carboxylic acid groups (broad SMARTS) is 1.